The van der Waals surface area contributed by atoms with Crippen LogP contribution in [0.5, 0.6) is 5.75 Å². The van der Waals surface area contributed by atoms with Crippen LogP contribution in [0, 0.1) is 0 Å². The molecule has 6 heteroatoms. The summed E-state index contributed by atoms with van der Waals surface area (Å²) in [6.45, 7) is 1.73. The second-order valence-corrected chi connectivity index (χ2v) is 7.30. The van der Waals surface area contributed by atoms with Crippen LogP contribution in [0.25, 0.3) is 0 Å². The first-order valence-electron chi connectivity index (χ1n) is 7.58. The fourth-order valence-corrected chi connectivity index (χ4v) is 3.61. The summed E-state index contributed by atoms with van der Waals surface area (Å²) in [5.74, 6) is 0.724. The summed E-state index contributed by atoms with van der Waals surface area (Å²) in [4.78, 5) is 2.27. The van der Waals surface area contributed by atoms with Crippen LogP contribution >= 0.6 is 0 Å². The quantitative estimate of drug-likeness (QED) is 0.910. The molecule has 0 saturated carbocycles. The summed E-state index contributed by atoms with van der Waals surface area (Å²) < 4.78 is 33.1. The molecule has 1 aliphatic heterocycles. The lowest BCUT2D eigenvalue weighted by Gasteiger charge is -2.28. The molecule has 3 rings (SSSR count). The predicted molar refractivity (Wildman–Crippen MR) is 90.5 cm³/mol. The molecular formula is C17H20N2O3S. The molecule has 0 bridgehead atoms. The van der Waals surface area contributed by atoms with Crippen LogP contribution < -0.4 is 14.4 Å². The molecule has 0 atom stereocenters. The number of nitrogens with zero attached hydrogens (tertiary/aromatic N) is 1. The van der Waals surface area contributed by atoms with E-state index in [4.69, 9.17) is 4.74 Å². The molecule has 0 spiro atoms. The number of nitrogens with one attached hydrogen (secondary N) is 1. The van der Waals surface area contributed by atoms with E-state index in [1.54, 1.807) is 18.2 Å². The number of hydrogen-bond acceptors (Lipinski definition) is 4. The molecule has 1 N–H and O–H groups in total. The monoisotopic (exact) mass is 332 g/mol. The third kappa shape index (κ3) is 3.65. The summed E-state index contributed by atoms with van der Waals surface area (Å²) >= 11 is 0. The zero-order chi connectivity index (χ0) is 16.3. The number of sulfonamides is 1. The average Bonchev–Trinajstić information content (AvgIpc) is 2.56. The Balaban J connectivity index is 1.71. The van der Waals surface area contributed by atoms with Crippen molar-refractivity contribution in [2.75, 3.05) is 31.6 Å². The predicted octanol–water partition coefficient (Wildman–Crippen LogP) is 2.04. The van der Waals surface area contributed by atoms with Gasteiger partial charge in [0.15, 0.2) is 0 Å². The van der Waals surface area contributed by atoms with Crippen molar-refractivity contribution in [1.29, 1.82) is 0 Å². The lowest BCUT2D eigenvalue weighted by molar-refractivity contribution is 0.311. The number of anilines is 1. The van der Waals surface area contributed by atoms with Crippen molar-refractivity contribution in [2.24, 2.45) is 0 Å². The van der Waals surface area contributed by atoms with Gasteiger partial charge in [-0.3, -0.25) is 0 Å². The van der Waals surface area contributed by atoms with Crippen LogP contribution in [0.3, 0.4) is 0 Å². The topological polar surface area (TPSA) is 58.6 Å². The molecule has 0 radical (unpaired) electrons. The second-order valence-electron chi connectivity index (χ2n) is 5.53. The standard InChI is InChI=1S/C17H20N2O3S/c1-19-11-12-22-17-8-7-15(13-16(17)19)23(20,21)18-10-9-14-5-3-2-4-6-14/h2-8,13,18H,9-12H2,1H3. The molecule has 0 aromatic heterocycles. The van der Waals surface area contributed by atoms with Gasteiger partial charge in [-0.25, -0.2) is 13.1 Å². The van der Waals surface area contributed by atoms with Crippen molar-refractivity contribution in [3.05, 3.63) is 54.1 Å². The summed E-state index contributed by atoms with van der Waals surface area (Å²) in [6, 6.07) is 14.8. The Labute approximate surface area is 136 Å². The summed E-state index contributed by atoms with van der Waals surface area (Å²) in [6.07, 6.45) is 0.661. The van der Waals surface area contributed by atoms with E-state index in [1.165, 1.54) is 0 Å². The fourth-order valence-electron chi connectivity index (χ4n) is 2.56. The molecular weight excluding hydrogens is 312 g/mol. The maximum Gasteiger partial charge on any atom is 0.240 e. The van der Waals surface area contributed by atoms with Gasteiger partial charge in [0.25, 0.3) is 0 Å². The van der Waals surface area contributed by atoms with Crippen LogP contribution in [-0.2, 0) is 16.4 Å². The van der Waals surface area contributed by atoms with E-state index in [0.29, 0.717) is 19.6 Å². The Bertz CT molecular complexity index is 776. The molecule has 0 fully saturated rings. The normalized spacial score (nSPS) is 14.2. The third-order valence-corrected chi connectivity index (χ3v) is 5.34. The van der Waals surface area contributed by atoms with Crippen LogP contribution in [0.1, 0.15) is 5.56 Å². The second kappa shape index (κ2) is 6.60. The molecule has 5 nitrogen and oxygen atoms in total. The first-order valence-corrected chi connectivity index (χ1v) is 9.06. The highest BCUT2D eigenvalue weighted by atomic mass is 32.2. The van der Waals surface area contributed by atoms with E-state index in [2.05, 4.69) is 4.72 Å². The highest BCUT2D eigenvalue weighted by molar-refractivity contribution is 7.89. The maximum absolute atomic E-state index is 12.4. The van der Waals surface area contributed by atoms with Gasteiger partial charge in [0, 0.05) is 13.6 Å². The third-order valence-electron chi connectivity index (χ3n) is 3.88. The Kier molecular flexibility index (Phi) is 4.54. The lowest BCUT2D eigenvalue weighted by Crippen LogP contribution is -2.30. The highest BCUT2D eigenvalue weighted by Crippen LogP contribution is 2.32. The van der Waals surface area contributed by atoms with E-state index in [9.17, 15) is 8.42 Å². The average molecular weight is 332 g/mol. The zero-order valence-corrected chi connectivity index (χ0v) is 13.8. The number of likely N-dealkylation sites (N-methyl/N-ethyl adjacent to an activating group) is 1. The van der Waals surface area contributed by atoms with E-state index < -0.39 is 10.0 Å². The maximum atomic E-state index is 12.4. The van der Waals surface area contributed by atoms with Crippen molar-refractivity contribution in [2.45, 2.75) is 11.3 Å². The Hall–Kier alpha value is -2.05. The van der Waals surface area contributed by atoms with E-state index in [-0.39, 0.29) is 4.90 Å². The number of rotatable bonds is 5. The van der Waals surface area contributed by atoms with Gasteiger partial charge in [0.2, 0.25) is 10.0 Å². The van der Waals surface area contributed by atoms with Crippen molar-refractivity contribution < 1.29 is 13.2 Å². The van der Waals surface area contributed by atoms with E-state index >= 15 is 0 Å². The molecule has 122 valence electrons. The molecule has 2 aromatic carbocycles. The minimum Gasteiger partial charge on any atom is -0.490 e. The minimum atomic E-state index is -3.52. The summed E-state index contributed by atoms with van der Waals surface area (Å²) in [5.41, 5.74) is 1.91. The molecule has 23 heavy (non-hydrogen) atoms. The smallest absolute Gasteiger partial charge is 0.240 e. The van der Waals surface area contributed by atoms with Crippen LogP contribution in [0.4, 0.5) is 5.69 Å². The Morgan fingerprint density at radius 2 is 1.96 bits per heavy atom. The number of hydrogen-bond donors (Lipinski definition) is 1. The first kappa shape index (κ1) is 15.8. The van der Waals surface area contributed by atoms with Gasteiger partial charge < -0.3 is 9.64 Å². The minimum absolute atomic E-state index is 0.265. The van der Waals surface area contributed by atoms with Crippen LogP contribution in [0.15, 0.2) is 53.4 Å². The number of fused-ring (bicyclic) bond motifs is 1. The van der Waals surface area contributed by atoms with Crippen LogP contribution in [-0.4, -0.2) is 35.2 Å². The van der Waals surface area contributed by atoms with Gasteiger partial charge >= 0.3 is 0 Å². The number of benzene rings is 2. The van der Waals surface area contributed by atoms with Crippen LogP contribution in [0.2, 0.25) is 0 Å². The molecule has 0 amide bonds. The van der Waals surface area contributed by atoms with Gasteiger partial charge in [-0.2, -0.15) is 0 Å². The highest BCUT2D eigenvalue weighted by Gasteiger charge is 2.20. The SMILES string of the molecule is CN1CCOc2ccc(S(=O)(=O)NCCc3ccccc3)cc21. The molecule has 0 unspecified atom stereocenters. The Morgan fingerprint density at radius 3 is 2.74 bits per heavy atom. The largest absolute Gasteiger partial charge is 0.490 e. The molecule has 1 aliphatic rings. The number of ether oxygens (including phenoxy) is 1. The van der Waals surface area contributed by atoms with Gasteiger partial charge in [0.05, 0.1) is 17.1 Å². The zero-order valence-electron chi connectivity index (χ0n) is 13.0. The molecule has 0 aliphatic carbocycles. The lowest BCUT2D eigenvalue weighted by atomic mass is 10.2. The first-order chi connectivity index (χ1) is 11.1. The van der Waals surface area contributed by atoms with E-state index in [1.807, 2.05) is 42.3 Å². The molecule has 1 heterocycles. The van der Waals surface area contributed by atoms with Crippen molar-refractivity contribution in [1.82, 2.24) is 4.72 Å². The van der Waals surface area contributed by atoms with Crippen molar-refractivity contribution >= 4 is 15.7 Å². The van der Waals surface area contributed by atoms with Gasteiger partial charge in [0.1, 0.15) is 12.4 Å². The van der Waals surface area contributed by atoms with Gasteiger partial charge in [-0.15, -0.1) is 0 Å². The van der Waals surface area contributed by atoms with Gasteiger partial charge in [-0.1, -0.05) is 30.3 Å². The molecule has 0 saturated heterocycles. The Morgan fingerprint density at radius 1 is 1.17 bits per heavy atom. The molecule has 2 aromatic rings. The van der Waals surface area contributed by atoms with E-state index in [0.717, 1.165) is 23.5 Å². The summed E-state index contributed by atoms with van der Waals surface area (Å²) in [5, 5.41) is 0. The van der Waals surface area contributed by atoms with Gasteiger partial charge in [-0.05, 0) is 30.2 Å². The summed E-state index contributed by atoms with van der Waals surface area (Å²) in [7, 11) is -1.59. The van der Waals surface area contributed by atoms with Crippen molar-refractivity contribution in [3.63, 3.8) is 0 Å². The van der Waals surface area contributed by atoms with Crippen molar-refractivity contribution in [3.8, 4) is 5.75 Å². The fraction of sp³-hybridized carbons (Fsp3) is 0.294.